The average molecular weight is 286 g/mol. The number of ether oxygens (including phenoxy) is 2. The summed E-state index contributed by atoms with van der Waals surface area (Å²) >= 11 is 0. The first-order valence-electron chi connectivity index (χ1n) is 7.05. The van der Waals surface area contributed by atoms with Gasteiger partial charge in [0.1, 0.15) is 0 Å². The van der Waals surface area contributed by atoms with Crippen LogP contribution in [-0.2, 0) is 9.47 Å². The van der Waals surface area contributed by atoms with Gasteiger partial charge >= 0.3 is 0 Å². The van der Waals surface area contributed by atoms with E-state index in [1.807, 2.05) is 4.90 Å². The van der Waals surface area contributed by atoms with Crippen LogP contribution in [0.3, 0.4) is 0 Å². The first-order valence-corrected chi connectivity index (χ1v) is 7.05. The first-order chi connectivity index (χ1) is 10.2. The number of methoxy groups -OCH3 is 1. The van der Waals surface area contributed by atoms with Gasteiger partial charge in [-0.15, -0.1) is 0 Å². The summed E-state index contributed by atoms with van der Waals surface area (Å²) in [4.78, 5) is 14.5. The lowest BCUT2D eigenvalue weighted by atomic mass is 9.82. The molecule has 0 N–H and O–H groups in total. The summed E-state index contributed by atoms with van der Waals surface area (Å²) in [5.74, 6) is 0.317. The van der Waals surface area contributed by atoms with Crippen molar-refractivity contribution in [3.05, 3.63) is 35.4 Å². The standard InChI is InChI=1S/C16H18N2O3/c1-20-10-16-9-18(7-14(16)8-21-11-16)15(19)13-4-2-3-12(5-13)6-17/h2-5,14H,7-11H2,1H3/t14-,16-/m0/s1. The van der Waals surface area contributed by atoms with E-state index in [1.54, 1.807) is 31.4 Å². The first kappa shape index (κ1) is 14.1. The predicted molar refractivity (Wildman–Crippen MR) is 75.7 cm³/mol. The Morgan fingerprint density at radius 3 is 3.24 bits per heavy atom. The van der Waals surface area contributed by atoms with Gasteiger partial charge in [0, 0.05) is 37.1 Å². The molecule has 0 aromatic heterocycles. The summed E-state index contributed by atoms with van der Waals surface area (Å²) in [6.07, 6.45) is 0. The maximum atomic E-state index is 12.6. The largest absolute Gasteiger partial charge is 0.384 e. The van der Waals surface area contributed by atoms with Crippen LogP contribution < -0.4 is 0 Å². The highest BCUT2D eigenvalue weighted by Gasteiger charge is 2.51. The number of benzene rings is 1. The number of carbonyl (C=O) groups is 1. The van der Waals surface area contributed by atoms with Crippen molar-refractivity contribution in [1.82, 2.24) is 4.90 Å². The van der Waals surface area contributed by atoms with Crippen LogP contribution >= 0.6 is 0 Å². The molecule has 5 nitrogen and oxygen atoms in total. The molecular weight excluding hydrogens is 268 g/mol. The Balaban J connectivity index is 1.79. The second-order valence-corrected chi connectivity index (χ2v) is 5.89. The van der Waals surface area contributed by atoms with Crippen molar-refractivity contribution in [3.63, 3.8) is 0 Å². The number of hydrogen-bond donors (Lipinski definition) is 0. The summed E-state index contributed by atoms with van der Waals surface area (Å²) in [5.41, 5.74) is 1.01. The number of rotatable bonds is 3. The second-order valence-electron chi connectivity index (χ2n) is 5.89. The Kier molecular flexibility index (Phi) is 3.66. The van der Waals surface area contributed by atoms with Crippen LogP contribution in [0.5, 0.6) is 0 Å². The van der Waals surface area contributed by atoms with Crippen LogP contribution in [0, 0.1) is 22.7 Å². The van der Waals surface area contributed by atoms with Crippen molar-refractivity contribution in [1.29, 1.82) is 5.26 Å². The molecule has 2 heterocycles. The number of likely N-dealkylation sites (tertiary alicyclic amines) is 1. The zero-order chi connectivity index (χ0) is 14.9. The quantitative estimate of drug-likeness (QED) is 0.840. The molecule has 1 aromatic carbocycles. The number of hydrogen-bond acceptors (Lipinski definition) is 4. The summed E-state index contributed by atoms with van der Waals surface area (Å²) in [5, 5.41) is 8.94. The van der Waals surface area contributed by atoms with Crippen molar-refractivity contribution < 1.29 is 14.3 Å². The molecule has 2 aliphatic rings. The van der Waals surface area contributed by atoms with Gasteiger partial charge in [-0.1, -0.05) is 6.07 Å². The number of nitrogens with zero attached hydrogens (tertiary/aromatic N) is 2. The molecule has 0 bridgehead atoms. The van der Waals surface area contributed by atoms with E-state index < -0.39 is 0 Å². The van der Waals surface area contributed by atoms with E-state index in [2.05, 4.69) is 6.07 Å². The molecule has 0 saturated carbocycles. The molecular formula is C16H18N2O3. The number of amides is 1. The molecule has 2 saturated heterocycles. The van der Waals surface area contributed by atoms with Gasteiger partial charge in [0.05, 0.1) is 31.5 Å². The lowest BCUT2D eigenvalue weighted by Gasteiger charge is -2.26. The maximum absolute atomic E-state index is 12.6. The zero-order valence-corrected chi connectivity index (χ0v) is 12.0. The Morgan fingerprint density at radius 1 is 1.62 bits per heavy atom. The molecule has 2 atom stereocenters. The maximum Gasteiger partial charge on any atom is 0.253 e. The van der Waals surface area contributed by atoms with E-state index >= 15 is 0 Å². The molecule has 0 spiro atoms. The zero-order valence-electron chi connectivity index (χ0n) is 12.0. The van der Waals surface area contributed by atoms with E-state index in [9.17, 15) is 4.79 Å². The molecule has 2 aliphatic heterocycles. The van der Waals surface area contributed by atoms with Gasteiger partial charge in [0.15, 0.2) is 0 Å². The summed E-state index contributed by atoms with van der Waals surface area (Å²) < 4.78 is 10.9. The minimum Gasteiger partial charge on any atom is -0.384 e. The predicted octanol–water partition coefficient (Wildman–Crippen LogP) is 1.29. The van der Waals surface area contributed by atoms with Crippen LogP contribution in [0.1, 0.15) is 15.9 Å². The van der Waals surface area contributed by atoms with Crippen LogP contribution in [-0.4, -0.2) is 50.8 Å². The third-order valence-electron chi connectivity index (χ3n) is 4.48. The topological polar surface area (TPSA) is 62.6 Å². The van der Waals surface area contributed by atoms with Crippen molar-refractivity contribution in [2.75, 3.05) is 40.0 Å². The van der Waals surface area contributed by atoms with Crippen molar-refractivity contribution >= 4 is 5.91 Å². The van der Waals surface area contributed by atoms with Crippen LogP contribution in [0.4, 0.5) is 0 Å². The Labute approximate surface area is 124 Å². The van der Waals surface area contributed by atoms with E-state index in [4.69, 9.17) is 14.7 Å². The van der Waals surface area contributed by atoms with E-state index in [1.165, 1.54) is 0 Å². The smallest absolute Gasteiger partial charge is 0.253 e. The lowest BCUT2D eigenvalue weighted by Crippen LogP contribution is -2.37. The molecule has 21 heavy (non-hydrogen) atoms. The van der Waals surface area contributed by atoms with Crippen molar-refractivity contribution in [2.24, 2.45) is 11.3 Å². The average Bonchev–Trinajstić information content (AvgIpc) is 3.03. The van der Waals surface area contributed by atoms with Crippen LogP contribution in [0.2, 0.25) is 0 Å². The summed E-state index contributed by atoms with van der Waals surface area (Å²) in [6.45, 7) is 3.29. The fourth-order valence-corrected chi connectivity index (χ4v) is 3.38. The van der Waals surface area contributed by atoms with Crippen LogP contribution in [0.25, 0.3) is 0 Å². The van der Waals surface area contributed by atoms with Gasteiger partial charge in [0.25, 0.3) is 5.91 Å². The highest BCUT2D eigenvalue weighted by Crippen LogP contribution is 2.41. The molecule has 0 radical (unpaired) electrons. The van der Waals surface area contributed by atoms with Gasteiger partial charge < -0.3 is 14.4 Å². The normalized spacial score (nSPS) is 27.4. The fraction of sp³-hybridized carbons (Fsp3) is 0.500. The van der Waals surface area contributed by atoms with Gasteiger partial charge in [-0.05, 0) is 18.2 Å². The molecule has 0 aliphatic carbocycles. The van der Waals surface area contributed by atoms with E-state index in [-0.39, 0.29) is 11.3 Å². The van der Waals surface area contributed by atoms with Gasteiger partial charge in [-0.3, -0.25) is 4.79 Å². The molecule has 3 rings (SSSR count). The molecule has 110 valence electrons. The number of nitriles is 1. The summed E-state index contributed by atoms with van der Waals surface area (Å²) in [6, 6.07) is 8.93. The van der Waals surface area contributed by atoms with Crippen molar-refractivity contribution in [2.45, 2.75) is 0 Å². The van der Waals surface area contributed by atoms with E-state index in [0.29, 0.717) is 50.0 Å². The number of fused-ring (bicyclic) bond motifs is 1. The van der Waals surface area contributed by atoms with Crippen molar-refractivity contribution in [3.8, 4) is 6.07 Å². The highest BCUT2D eigenvalue weighted by molar-refractivity contribution is 5.94. The Hall–Kier alpha value is -1.90. The monoisotopic (exact) mass is 286 g/mol. The van der Waals surface area contributed by atoms with Gasteiger partial charge in [0.2, 0.25) is 0 Å². The molecule has 1 aromatic rings. The molecule has 5 heteroatoms. The Morgan fingerprint density at radius 2 is 2.48 bits per heavy atom. The SMILES string of the molecule is COC[C@@]12COC[C@@H]1CN(C(=O)c1cccc(C#N)c1)C2. The van der Waals surface area contributed by atoms with Gasteiger partial charge in [-0.2, -0.15) is 5.26 Å². The Bertz CT molecular complexity index is 595. The molecule has 0 unspecified atom stereocenters. The molecule has 1 amide bonds. The minimum atomic E-state index is -0.0722. The third kappa shape index (κ3) is 2.41. The second kappa shape index (κ2) is 5.47. The fourth-order valence-electron chi connectivity index (χ4n) is 3.38. The van der Waals surface area contributed by atoms with Gasteiger partial charge in [-0.25, -0.2) is 0 Å². The number of carbonyl (C=O) groups excluding carboxylic acids is 1. The summed E-state index contributed by atoms with van der Waals surface area (Å²) in [7, 11) is 1.69. The minimum absolute atomic E-state index is 0.0167. The van der Waals surface area contributed by atoms with Crippen LogP contribution in [0.15, 0.2) is 24.3 Å². The lowest BCUT2D eigenvalue weighted by molar-refractivity contribution is 0.0489. The third-order valence-corrected chi connectivity index (χ3v) is 4.48. The van der Waals surface area contributed by atoms with E-state index in [0.717, 1.165) is 0 Å². The highest BCUT2D eigenvalue weighted by atomic mass is 16.5. The molecule has 2 fully saturated rings.